The van der Waals surface area contributed by atoms with E-state index in [1.165, 1.54) is 0 Å². The highest BCUT2D eigenvalue weighted by Gasteiger charge is 2.32. The lowest BCUT2D eigenvalue weighted by Gasteiger charge is -2.26. The molecule has 0 radical (unpaired) electrons. The van der Waals surface area contributed by atoms with Crippen LogP contribution in [0, 0.1) is 11.3 Å². The van der Waals surface area contributed by atoms with E-state index in [-0.39, 0.29) is 6.04 Å². The van der Waals surface area contributed by atoms with E-state index in [0.717, 1.165) is 13.0 Å². The average molecular weight is 200 g/mol. The summed E-state index contributed by atoms with van der Waals surface area (Å²) in [4.78, 5) is 10.4. The molecule has 1 heterocycles. The molecule has 0 saturated carbocycles. The minimum Gasteiger partial charge on any atom is -0.448 e. The van der Waals surface area contributed by atoms with Crippen molar-refractivity contribution in [3.05, 3.63) is 0 Å². The van der Waals surface area contributed by atoms with Crippen molar-refractivity contribution in [2.24, 2.45) is 17.1 Å². The van der Waals surface area contributed by atoms with Crippen molar-refractivity contribution in [3.63, 3.8) is 0 Å². The van der Waals surface area contributed by atoms with Crippen LogP contribution in [0.15, 0.2) is 0 Å². The Morgan fingerprint density at radius 1 is 1.57 bits per heavy atom. The zero-order valence-electron chi connectivity index (χ0n) is 9.17. The van der Waals surface area contributed by atoms with Gasteiger partial charge in [-0.1, -0.05) is 20.8 Å². The van der Waals surface area contributed by atoms with Crippen LogP contribution < -0.4 is 11.1 Å². The second-order valence-corrected chi connectivity index (χ2v) is 5.03. The highest BCUT2D eigenvalue weighted by Crippen LogP contribution is 2.32. The Hall–Kier alpha value is -0.770. The summed E-state index contributed by atoms with van der Waals surface area (Å²) >= 11 is 0. The zero-order chi connectivity index (χ0) is 10.8. The molecule has 0 bridgehead atoms. The molecular weight excluding hydrogens is 180 g/mol. The highest BCUT2D eigenvalue weighted by atomic mass is 16.5. The van der Waals surface area contributed by atoms with Gasteiger partial charge in [-0.15, -0.1) is 0 Å². The molecule has 0 unspecified atom stereocenters. The monoisotopic (exact) mass is 200 g/mol. The largest absolute Gasteiger partial charge is 0.448 e. The molecule has 1 fully saturated rings. The highest BCUT2D eigenvalue weighted by molar-refractivity contribution is 5.64. The number of primary amides is 1. The Morgan fingerprint density at radius 3 is 2.64 bits per heavy atom. The van der Waals surface area contributed by atoms with Crippen molar-refractivity contribution in [1.29, 1.82) is 0 Å². The lowest BCUT2D eigenvalue weighted by atomic mass is 9.79. The molecule has 2 atom stereocenters. The van der Waals surface area contributed by atoms with Gasteiger partial charge in [0.05, 0.1) is 0 Å². The van der Waals surface area contributed by atoms with E-state index < -0.39 is 6.09 Å². The van der Waals surface area contributed by atoms with E-state index >= 15 is 0 Å². The predicted molar refractivity (Wildman–Crippen MR) is 54.9 cm³/mol. The van der Waals surface area contributed by atoms with Crippen molar-refractivity contribution in [2.45, 2.75) is 33.2 Å². The second kappa shape index (κ2) is 4.17. The first-order valence-corrected chi connectivity index (χ1v) is 5.05. The van der Waals surface area contributed by atoms with Crippen LogP contribution in [0.4, 0.5) is 4.79 Å². The maximum atomic E-state index is 10.4. The Bertz CT molecular complexity index is 211. The standard InChI is InChI=1S/C10H20N2O2/c1-10(2,3)7-4-8(12-5-7)6-14-9(11)13/h7-8,12H,4-6H2,1-3H3,(H2,11,13)/t7-,8+/m1/s1. The van der Waals surface area contributed by atoms with Crippen LogP contribution >= 0.6 is 0 Å². The van der Waals surface area contributed by atoms with E-state index in [2.05, 4.69) is 26.1 Å². The van der Waals surface area contributed by atoms with E-state index in [4.69, 9.17) is 10.5 Å². The molecule has 0 aliphatic carbocycles. The van der Waals surface area contributed by atoms with Gasteiger partial charge in [-0.3, -0.25) is 0 Å². The fourth-order valence-corrected chi connectivity index (χ4v) is 1.79. The molecule has 82 valence electrons. The van der Waals surface area contributed by atoms with Crippen molar-refractivity contribution in [3.8, 4) is 0 Å². The molecule has 0 aromatic carbocycles. The van der Waals surface area contributed by atoms with Crippen molar-refractivity contribution in [2.75, 3.05) is 13.2 Å². The quantitative estimate of drug-likeness (QED) is 0.701. The molecule has 4 heteroatoms. The van der Waals surface area contributed by atoms with Crippen LogP contribution in [0.2, 0.25) is 0 Å². The van der Waals surface area contributed by atoms with E-state index in [0.29, 0.717) is 17.9 Å². The van der Waals surface area contributed by atoms with E-state index in [1.807, 2.05) is 0 Å². The predicted octanol–water partition coefficient (Wildman–Crippen LogP) is 1.11. The van der Waals surface area contributed by atoms with E-state index in [1.54, 1.807) is 0 Å². The maximum absolute atomic E-state index is 10.4. The molecule has 1 amide bonds. The summed E-state index contributed by atoms with van der Waals surface area (Å²) in [5.74, 6) is 0.643. The minimum atomic E-state index is -0.689. The molecule has 3 N–H and O–H groups in total. The molecule has 1 rings (SSSR count). The normalized spacial score (nSPS) is 27.6. The number of hydrogen-bond donors (Lipinski definition) is 2. The van der Waals surface area contributed by atoms with Gasteiger partial charge in [0.1, 0.15) is 6.61 Å². The molecule has 0 spiro atoms. The third kappa shape index (κ3) is 3.18. The van der Waals surface area contributed by atoms with Gasteiger partial charge in [0.2, 0.25) is 0 Å². The SMILES string of the molecule is CC(C)(C)[C@H]1CN[C@H](COC(N)=O)C1. The minimum absolute atomic E-state index is 0.270. The van der Waals surface area contributed by atoms with E-state index in [9.17, 15) is 4.79 Å². The molecule has 4 nitrogen and oxygen atoms in total. The Morgan fingerprint density at radius 2 is 2.21 bits per heavy atom. The molecular formula is C10H20N2O2. The van der Waals surface area contributed by atoms with Gasteiger partial charge >= 0.3 is 6.09 Å². The summed E-state index contributed by atoms with van der Waals surface area (Å²) in [6, 6.07) is 0.270. The molecule has 1 saturated heterocycles. The van der Waals surface area contributed by atoms with Gasteiger partial charge in [0, 0.05) is 6.04 Å². The number of ether oxygens (including phenoxy) is 1. The third-order valence-corrected chi connectivity index (χ3v) is 2.87. The van der Waals surface area contributed by atoms with Crippen LogP contribution in [0.1, 0.15) is 27.2 Å². The number of nitrogens with one attached hydrogen (secondary N) is 1. The number of nitrogens with two attached hydrogens (primary N) is 1. The third-order valence-electron chi connectivity index (χ3n) is 2.87. The smallest absolute Gasteiger partial charge is 0.404 e. The van der Waals surface area contributed by atoms with Gasteiger partial charge in [0.25, 0.3) is 0 Å². The summed E-state index contributed by atoms with van der Waals surface area (Å²) in [5, 5.41) is 3.34. The number of rotatable bonds is 2. The zero-order valence-corrected chi connectivity index (χ0v) is 9.17. The molecule has 14 heavy (non-hydrogen) atoms. The Labute approximate surface area is 85.2 Å². The van der Waals surface area contributed by atoms with Crippen LogP contribution in [-0.2, 0) is 4.74 Å². The van der Waals surface area contributed by atoms with Crippen LogP contribution in [0.3, 0.4) is 0 Å². The summed E-state index contributed by atoms with van der Waals surface area (Å²) in [7, 11) is 0. The van der Waals surface area contributed by atoms with Gasteiger partial charge in [-0.05, 0) is 24.3 Å². The fraction of sp³-hybridized carbons (Fsp3) is 0.900. The van der Waals surface area contributed by atoms with Crippen molar-refractivity contribution >= 4 is 6.09 Å². The first-order valence-electron chi connectivity index (χ1n) is 5.05. The van der Waals surface area contributed by atoms with Crippen LogP contribution in [0.25, 0.3) is 0 Å². The summed E-state index contributed by atoms with van der Waals surface area (Å²) in [6.07, 6.45) is 0.363. The molecule has 1 aliphatic heterocycles. The van der Waals surface area contributed by atoms with Crippen molar-refractivity contribution in [1.82, 2.24) is 5.32 Å². The topological polar surface area (TPSA) is 64.3 Å². The summed E-state index contributed by atoms with van der Waals surface area (Å²) in [5.41, 5.74) is 5.22. The number of carbonyl (C=O) groups is 1. The maximum Gasteiger partial charge on any atom is 0.404 e. The fourth-order valence-electron chi connectivity index (χ4n) is 1.79. The first-order chi connectivity index (χ1) is 6.39. The number of amides is 1. The van der Waals surface area contributed by atoms with Crippen molar-refractivity contribution < 1.29 is 9.53 Å². The molecule has 0 aromatic heterocycles. The Balaban J connectivity index is 2.31. The van der Waals surface area contributed by atoms with Crippen LogP contribution in [-0.4, -0.2) is 25.3 Å². The molecule has 1 aliphatic rings. The van der Waals surface area contributed by atoms with Gasteiger partial charge in [-0.2, -0.15) is 0 Å². The number of hydrogen-bond acceptors (Lipinski definition) is 3. The summed E-state index contributed by atoms with van der Waals surface area (Å²) < 4.78 is 4.76. The average Bonchev–Trinajstić information content (AvgIpc) is 2.47. The second-order valence-electron chi connectivity index (χ2n) is 5.03. The lowest BCUT2D eigenvalue weighted by Crippen LogP contribution is -2.29. The molecule has 0 aromatic rings. The first kappa shape index (κ1) is 11.3. The van der Waals surface area contributed by atoms with Gasteiger partial charge < -0.3 is 15.8 Å². The number of carbonyl (C=O) groups excluding carboxylic acids is 1. The lowest BCUT2D eigenvalue weighted by molar-refractivity contribution is 0.144. The summed E-state index contributed by atoms with van der Waals surface area (Å²) in [6.45, 7) is 8.09. The van der Waals surface area contributed by atoms with Gasteiger partial charge in [-0.25, -0.2) is 4.79 Å². The van der Waals surface area contributed by atoms with Crippen LogP contribution in [0.5, 0.6) is 0 Å². The van der Waals surface area contributed by atoms with Gasteiger partial charge in [0.15, 0.2) is 0 Å². The Kier molecular flexibility index (Phi) is 3.37.